The average molecular weight is 300 g/mol. The number of rotatable bonds is 2. The summed E-state index contributed by atoms with van der Waals surface area (Å²) >= 11 is 0. The number of ketones is 1. The zero-order valence-corrected chi connectivity index (χ0v) is 15.3. The SMILES string of the molecule is CC(C)(C)c1cc(C(=O)C2CCCCC2)cc(C(C)(C)C)c1. The van der Waals surface area contributed by atoms with Crippen LogP contribution in [0.15, 0.2) is 18.2 Å². The molecule has 1 fully saturated rings. The van der Waals surface area contributed by atoms with Crippen LogP contribution >= 0.6 is 0 Å². The fraction of sp³-hybridized carbons (Fsp3) is 0.667. The summed E-state index contributed by atoms with van der Waals surface area (Å²) in [6.07, 6.45) is 5.86. The Morgan fingerprint density at radius 3 is 1.68 bits per heavy atom. The Balaban J connectivity index is 2.43. The Morgan fingerprint density at radius 2 is 1.27 bits per heavy atom. The summed E-state index contributed by atoms with van der Waals surface area (Å²) in [4.78, 5) is 13.0. The highest BCUT2D eigenvalue weighted by Crippen LogP contribution is 2.33. The highest BCUT2D eigenvalue weighted by atomic mass is 16.1. The Bertz CT molecular complexity index is 502. The summed E-state index contributed by atoms with van der Waals surface area (Å²) < 4.78 is 0. The van der Waals surface area contributed by atoms with Crippen molar-refractivity contribution in [3.8, 4) is 0 Å². The number of Topliss-reactive ketones (excluding diaryl/α,β-unsaturated/α-hetero) is 1. The molecule has 2 rings (SSSR count). The third kappa shape index (κ3) is 4.00. The Hall–Kier alpha value is -1.11. The highest BCUT2D eigenvalue weighted by Gasteiger charge is 2.26. The summed E-state index contributed by atoms with van der Waals surface area (Å²) in [5.41, 5.74) is 3.63. The van der Waals surface area contributed by atoms with Crippen LogP contribution in [0.3, 0.4) is 0 Å². The maximum Gasteiger partial charge on any atom is 0.165 e. The van der Waals surface area contributed by atoms with Crippen LogP contribution in [0.1, 0.15) is 95.1 Å². The fourth-order valence-corrected chi connectivity index (χ4v) is 3.24. The van der Waals surface area contributed by atoms with Crippen LogP contribution in [0, 0.1) is 5.92 Å². The predicted octanol–water partition coefficient (Wildman–Crippen LogP) is 6.04. The van der Waals surface area contributed by atoms with Gasteiger partial charge >= 0.3 is 0 Å². The molecule has 0 heterocycles. The molecular weight excluding hydrogens is 268 g/mol. The minimum atomic E-state index is 0.0723. The summed E-state index contributed by atoms with van der Waals surface area (Å²) in [5.74, 6) is 0.619. The quantitative estimate of drug-likeness (QED) is 0.608. The van der Waals surface area contributed by atoms with Gasteiger partial charge in [0.15, 0.2) is 5.78 Å². The van der Waals surface area contributed by atoms with Gasteiger partial charge in [-0.25, -0.2) is 0 Å². The van der Waals surface area contributed by atoms with Crippen molar-refractivity contribution >= 4 is 5.78 Å². The van der Waals surface area contributed by atoms with E-state index in [1.165, 1.54) is 30.4 Å². The van der Waals surface area contributed by atoms with Gasteiger partial charge in [-0.05, 0) is 46.9 Å². The molecule has 0 radical (unpaired) electrons. The number of carbonyl (C=O) groups is 1. The molecule has 122 valence electrons. The molecule has 0 spiro atoms. The standard InChI is InChI=1S/C21H32O/c1-20(2,3)17-12-16(13-18(14-17)21(4,5)6)19(22)15-10-8-7-9-11-15/h12-15H,7-11H2,1-6H3. The van der Waals surface area contributed by atoms with Crippen molar-refractivity contribution in [3.63, 3.8) is 0 Å². The highest BCUT2D eigenvalue weighted by molar-refractivity contribution is 5.98. The van der Waals surface area contributed by atoms with Crippen molar-refractivity contribution in [3.05, 3.63) is 34.9 Å². The lowest BCUT2D eigenvalue weighted by molar-refractivity contribution is 0.0889. The number of carbonyl (C=O) groups excluding carboxylic acids is 1. The molecule has 0 atom stereocenters. The zero-order chi connectivity index (χ0) is 16.5. The molecule has 1 nitrogen and oxygen atoms in total. The average Bonchev–Trinajstić information content (AvgIpc) is 2.45. The maximum atomic E-state index is 13.0. The smallest absolute Gasteiger partial charge is 0.165 e. The molecule has 1 aromatic carbocycles. The molecule has 1 aromatic rings. The van der Waals surface area contributed by atoms with Gasteiger partial charge in [0.25, 0.3) is 0 Å². The first-order valence-corrected chi connectivity index (χ1v) is 8.79. The van der Waals surface area contributed by atoms with Gasteiger partial charge in [0.1, 0.15) is 0 Å². The lowest BCUT2D eigenvalue weighted by Crippen LogP contribution is -2.21. The molecule has 0 saturated heterocycles. The molecule has 22 heavy (non-hydrogen) atoms. The van der Waals surface area contributed by atoms with Crippen LogP contribution < -0.4 is 0 Å². The molecule has 0 bridgehead atoms. The van der Waals surface area contributed by atoms with E-state index < -0.39 is 0 Å². The first-order valence-electron chi connectivity index (χ1n) is 8.79. The van der Waals surface area contributed by atoms with E-state index >= 15 is 0 Å². The molecule has 1 aliphatic carbocycles. The van der Waals surface area contributed by atoms with E-state index in [9.17, 15) is 4.79 Å². The summed E-state index contributed by atoms with van der Waals surface area (Å²) in [6, 6.07) is 6.58. The fourth-order valence-electron chi connectivity index (χ4n) is 3.24. The van der Waals surface area contributed by atoms with Crippen molar-refractivity contribution in [2.45, 2.75) is 84.5 Å². The van der Waals surface area contributed by atoms with Crippen LogP contribution in [0.5, 0.6) is 0 Å². The lowest BCUT2D eigenvalue weighted by atomic mass is 9.77. The minimum absolute atomic E-state index is 0.0723. The van der Waals surface area contributed by atoms with E-state index in [0.29, 0.717) is 5.78 Å². The Labute approximate surface area is 136 Å². The van der Waals surface area contributed by atoms with Gasteiger partial charge < -0.3 is 0 Å². The van der Waals surface area contributed by atoms with Crippen LogP contribution in [0.2, 0.25) is 0 Å². The third-order valence-corrected chi connectivity index (χ3v) is 4.93. The number of benzene rings is 1. The summed E-state index contributed by atoms with van der Waals surface area (Å²) in [6.45, 7) is 13.4. The van der Waals surface area contributed by atoms with E-state index in [2.05, 4.69) is 59.7 Å². The van der Waals surface area contributed by atoms with Crippen molar-refractivity contribution in [2.75, 3.05) is 0 Å². The Kier molecular flexibility index (Phi) is 4.84. The molecule has 0 unspecified atom stereocenters. The molecule has 1 aliphatic rings. The van der Waals surface area contributed by atoms with Crippen molar-refractivity contribution in [2.24, 2.45) is 5.92 Å². The number of hydrogen-bond acceptors (Lipinski definition) is 1. The largest absolute Gasteiger partial charge is 0.294 e. The van der Waals surface area contributed by atoms with E-state index in [4.69, 9.17) is 0 Å². The van der Waals surface area contributed by atoms with Crippen LogP contribution in [0.25, 0.3) is 0 Å². The van der Waals surface area contributed by atoms with E-state index in [1.807, 2.05) is 0 Å². The maximum absolute atomic E-state index is 13.0. The second kappa shape index (κ2) is 6.18. The molecule has 1 heteroatoms. The van der Waals surface area contributed by atoms with Crippen LogP contribution in [-0.2, 0) is 10.8 Å². The summed E-state index contributed by atoms with van der Waals surface area (Å²) in [5, 5.41) is 0. The number of hydrogen-bond donors (Lipinski definition) is 0. The molecule has 0 amide bonds. The molecule has 0 N–H and O–H groups in total. The van der Waals surface area contributed by atoms with Crippen molar-refractivity contribution in [1.29, 1.82) is 0 Å². The van der Waals surface area contributed by atoms with Crippen LogP contribution in [-0.4, -0.2) is 5.78 Å². The van der Waals surface area contributed by atoms with Crippen molar-refractivity contribution < 1.29 is 4.79 Å². The van der Waals surface area contributed by atoms with Crippen LogP contribution in [0.4, 0.5) is 0 Å². The summed E-state index contributed by atoms with van der Waals surface area (Å²) in [7, 11) is 0. The molecule has 1 saturated carbocycles. The molecular formula is C21H32O. The third-order valence-electron chi connectivity index (χ3n) is 4.93. The Morgan fingerprint density at radius 1 is 0.818 bits per heavy atom. The van der Waals surface area contributed by atoms with Gasteiger partial charge in [0.2, 0.25) is 0 Å². The van der Waals surface area contributed by atoms with Gasteiger partial charge in [0.05, 0.1) is 0 Å². The second-order valence-corrected chi connectivity index (χ2v) is 9.00. The van der Waals surface area contributed by atoms with Gasteiger partial charge in [-0.3, -0.25) is 4.79 Å². The molecule has 0 aromatic heterocycles. The van der Waals surface area contributed by atoms with E-state index in [1.54, 1.807) is 0 Å². The minimum Gasteiger partial charge on any atom is -0.294 e. The van der Waals surface area contributed by atoms with Crippen molar-refractivity contribution in [1.82, 2.24) is 0 Å². The normalized spacial score (nSPS) is 17.5. The van der Waals surface area contributed by atoms with Gasteiger partial charge in [-0.1, -0.05) is 66.9 Å². The van der Waals surface area contributed by atoms with Gasteiger partial charge in [-0.2, -0.15) is 0 Å². The zero-order valence-electron chi connectivity index (χ0n) is 15.3. The second-order valence-electron chi connectivity index (χ2n) is 9.00. The van der Waals surface area contributed by atoms with Gasteiger partial charge in [-0.15, -0.1) is 0 Å². The predicted molar refractivity (Wildman–Crippen MR) is 94.7 cm³/mol. The first kappa shape index (κ1) is 17.2. The van der Waals surface area contributed by atoms with E-state index in [-0.39, 0.29) is 16.7 Å². The van der Waals surface area contributed by atoms with E-state index in [0.717, 1.165) is 18.4 Å². The molecule has 0 aliphatic heterocycles. The first-order chi connectivity index (χ1) is 10.1. The lowest BCUT2D eigenvalue weighted by Gasteiger charge is -2.27. The topological polar surface area (TPSA) is 17.1 Å². The monoisotopic (exact) mass is 300 g/mol. The van der Waals surface area contributed by atoms with Gasteiger partial charge in [0, 0.05) is 11.5 Å².